The molecular weight excluding hydrogens is 253 g/mol. The lowest BCUT2D eigenvalue weighted by molar-refractivity contribution is 0.627. The van der Waals surface area contributed by atoms with Crippen LogP contribution in [0.3, 0.4) is 0 Å². The van der Waals surface area contributed by atoms with Crippen molar-refractivity contribution in [3.05, 3.63) is 46.5 Å². The number of benzene rings is 1. The van der Waals surface area contributed by atoms with E-state index in [1.807, 2.05) is 13.1 Å². The van der Waals surface area contributed by atoms with Crippen molar-refractivity contribution in [1.29, 1.82) is 0 Å². The number of hydrogen-bond donors (Lipinski definition) is 1. The smallest absolute Gasteiger partial charge is 0.141 e. The molecule has 0 saturated heterocycles. The molecule has 0 fully saturated rings. The van der Waals surface area contributed by atoms with Crippen molar-refractivity contribution in [3.8, 4) is 5.69 Å². The summed E-state index contributed by atoms with van der Waals surface area (Å²) in [5, 5.41) is 7.76. The highest BCUT2D eigenvalue weighted by Crippen LogP contribution is 2.19. The Morgan fingerprint density at radius 2 is 2.22 bits per heavy atom. The third-order valence-electron chi connectivity index (χ3n) is 2.73. The average Bonchev–Trinajstić information content (AvgIpc) is 2.72. The Kier molecular flexibility index (Phi) is 3.99. The summed E-state index contributed by atoms with van der Waals surface area (Å²) in [5.41, 5.74) is 2.83. The molecule has 1 N–H and O–H groups in total. The molecule has 0 aliphatic rings. The van der Waals surface area contributed by atoms with Crippen LogP contribution in [0, 0.1) is 12.7 Å². The van der Waals surface area contributed by atoms with Crippen LogP contribution in [0.15, 0.2) is 24.4 Å². The monoisotopic (exact) mass is 267 g/mol. The van der Waals surface area contributed by atoms with Gasteiger partial charge in [0.2, 0.25) is 0 Å². The number of nitrogens with zero attached hydrogens (tertiary/aromatic N) is 2. The second kappa shape index (κ2) is 5.50. The number of aromatic nitrogens is 2. The second-order valence-electron chi connectivity index (χ2n) is 4.06. The van der Waals surface area contributed by atoms with Gasteiger partial charge in [0.1, 0.15) is 5.82 Å². The van der Waals surface area contributed by atoms with E-state index >= 15 is 0 Å². The van der Waals surface area contributed by atoms with Crippen molar-refractivity contribution >= 4 is 11.6 Å². The lowest BCUT2D eigenvalue weighted by Gasteiger charge is -2.02. The van der Waals surface area contributed by atoms with Crippen molar-refractivity contribution < 1.29 is 4.39 Å². The van der Waals surface area contributed by atoms with E-state index in [9.17, 15) is 4.39 Å². The Bertz CT molecular complexity index is 551. The maximum absolute atomic E-state index is 13.1. The van der Waals surface area contributed by atoms with Crippen LogP contribution in [-0.2, 0) is 6.54 Å². The molecule has 3 nitrogen and oxygen atoms in total. The van der Waals surface area contributed by atoms with E-state index in [0.717, 1.165) is 30.0 Å². The van der Waals surface area contributed by atoms with E-state index in [1.165, 1.54) is 6.07 Å². The first kappa shape index (κ1) is 13.1. The molecule has 2 rings (SSSR count). The summed E-state index contributed by atoms with van der Waals surface area (Å²) in [6, 6.07) is 4.57. The first-order chi connectivity index (χ1) is 8.61. The molecule has 0 atom stereocenters. The first-order valence-electron chi connectivity index (χ1n) is 5.83. The van der Waals surface area contributed by atoms with Crippen molar-refractivity contribution in [2.45, 2.75) is 20.4 Å². The molecule has 5 heteroatoms. The zero-order valence-corrected chi connectivity index (χ0v) is 11.1. The van der Waals surface area contributed by atoms with E-state index in [1.54, 1.807) is 16.8 Å². The molecule has 0 spiro atoms. The summed E-state index contributed by atoms with van der Waals surface area (Å²) in [5.74, 6) is -0.419. The molecule has 0 saturated carbocycles. The highest BCUT2D eigenvalue weighted by molar-refractivity contribution is 6.30. The van der Waals surface area contributed by atoms with Crippen LogP contribution < -0.4 is 5.32 Å². The van der Waals surface area contributed by atoms with E-state index in [4.69, 9.17) is 11.6 Å². The minimum atomic E-state index is -0.419. The number of hydrogen-bond acceptors (Lipinski definition) is 2. The minimum Gasteiger partial charge on any atom is -0.313 e. The summed E-state index contributed by atoms with van der Waals surface area (Å²) in [7, 11) is 0. The fourth-order valence-corrected chi connectivity index (χ4v) is 1.86. The maximum atomic E-state index is 13.1. The topological polar surface area (TPSA) is 29.9 Å². The number of rotatable bonds is 4. The minimum absolute atomic E-state index is 0.105. The molecule has 1 aromatic heterocycles. The predicted octanol–water partition coefficient (Wildman–Crippen LogP) is 3.08. The van der Waals surface area contributed by atoms with Gasteiger partial charge in [-0.1, -0.05) is 18.5 Å². The molecule has 0 aliphatic carbocycles. The van der Waals surface area contributed by atoms with Crippen LogP contribution in [0.1, 0.15) is 18.2 Å². The van der Waals surface area contributed by atoms with E-state index < -0.39 is 5.82 Å². The van der Waals surface area contributed by atoms with Gasteiger partial charge in [-0.3, -0.25) is 0 Å². The number of aryl methyl sites for hydroxylation is 1. The van der Waals surface area contributed by atoms with Crippen molar-refractivity contribution in [3.63, 3.8) is 0 Å². The molecule has 2 aromatic rings. The molecule has 0 bridgehead atoms. The summed E-state index contributed by atoms with van der Waals surface area (Å²) >= 11 is 5.77. The zero-order chi connectivity index (χ0) is 13.1. The van der Waals surface area contributed by atoms with Gasteiger partial charge in [-0.05, 0) is 31.7 Å². The Balaban J connectivity index is 2.30. The summed E-state index contributed by atoms with van der Waals surface area (Å²) in [6.07, 6.45) is 1.93. The van der Waals surface area contributed by atoms with Crippen LogP contribution in [-0.4, -0.2) is 16.3 Å². The SMILES string of the molecule is CCNCc1cn(-c2ccc(F)c(Cl)c2)nc1C. The molecule has 0 amide bonds. The average molecular weight is 268 g/mol. The lowest BCUT2D eigenvalue weighted by Crippen LogP contribution is -2.11. The van der Waals surface area contributed by atoms with E-state index in [-0.39, 0.29) is 5.02 Å². The van der Waals surface area contributed by atoms with Crippen LogP contribution in [0.2, 0.25) is 5.02 Å². The van der Waals surface area contributed by atoms with Gasteiger partial charge in [0.15, 0.2) is 0 Å². The van der Waals surface area contributed by atoms with E-state index in [2.05, 4.69) is 17.3 Å². The Morgan fingerprint density at radius 1 is 1.44 bits per heavy atom. The van der Waals surface area contributed by atoms with Gasteiger partial charge in [-0.2, -0.15) is 5.10 Å². The normalized spacial score (nSPS) is 10.9. The van der Waals surface area contributed by atoms with Crippen molar-refractivity contribution in [1.82, 2.24) is 15.1 Å². The van der Waals surface area contributed by atoms with Gasteiger partial charge in [-0.25, -0.2) is 9.07 Å². The summed E-state index contributed by atoms with van der Waals surface area (Å²) < 4.78 is 14.8. The second-order valence-corrected chi connectivity index (χ2v) is 4.47. The quantitative estimate of drug-likeness (QED) is 0.923. The molecule has 18 heavy (non-hydrogen) atoms. The van der Waals surface area contributed by atoms with Crippen LogP contribution >= 0.6 is 11.6 Å². The van der Waals surface area contributed by atoms with Crippen molar-refractivity contribution in [2.75, 3.05) is 6.54 Å². The highest BCUT2D eigenvalue weighted by Gasteiger charge is 2.07. The molecule has 1 aromatic carbocycles. The van der Waals surface area contributed by atoms with Gasteiger partial charge >= 0.3 is 0 Å². The van der Waals surface area contributed by atoms with Crippen LogP contribution in [0.25, 0.3) is 5.69 Å². The molecule has 0 aliphatic heterocycles. The van der Waals surface area contributed by atoms with Crippen LogP contribution in [0.5, 0.6) is 0 Å². The van der Waals surface area contributed by atoms with Gasteiger partial charge in [0.25, 0.3) is 0 Å². The number of nitrogens with one attached hydrogen (secondary N) is 1. The molecule has 0 radical (unpaired) electrons. The summed E-state index contributed by atoms with van der Waals surface area (Å²) in [6.45, 7) is 5.69. The summed E-state index contributed by atoms with van der Waals surface area (Å²) in [4.78, 5) is 0. The predicted molar refractivity (Wildman–Crippen MR) is 70.6 cm³/mol. The fourth-order valence-electron chi connectivity index (χ4n) is 1.69. The van der Waals surface area contributed by atoms with Gasteiger partial charge in [0.05, 0.1) is 16.4 Å². The standard InChI is InChI=1S/C13H15ClFN3/c1-3-16-7-10-8-18(17-9(10)2)11-4-5-13(15)12(14)6-11/h4-6,8,16H,3,7H2,1-2H3. The van der Waals surface area contributed by atoms with Crippen LogP contribution in [0.4, 0.5) is 4.39 Å². The third-order valence-corrected chi connectivity index (χ3v) is 3.02. The molecule has 1 heterocycles. The molecular formula is C13H15ClFN3. The highest BCUT2D eigenvalue weighted by atomic mass is 35.5. The zero-order valence-electron chi connectivity index (χ0n) is 10.4. The molecule has 96 valence electrons. The Morgan fingerprint density at radius 3 is 2.89 bits per heavy atom. The fraction of sp³-hybridized carbons (Fsp3) is 0.308. The third kappa shape index (κ3) is 2.71. The lowest BCUT2D eigenvalue weighted by atomic mass is 10.2. The van der Waals surface area contributed by atoms with Gasteiger partial charge in [0, 0.05) is 18.3 Å². The first-order valence-corrected chi connectivity index (χ1v) is 6.21. The van der Waals surface area contributed by atoms with Gasteiger partial charge < -0.3 is 5.32 Å². The molecule has 0 unspecified atom stereocenters. The maximum Gasteiger partial charge on any atom is 0.141 e. The van der Waals surface area contributed by atoms with Gasteiger partial charge in [-0.15, -0.1) is 0 Å². The Labute approximate surface area is 111 Å². The number of halogens is 2. The largest absolute Gasteiger partial charge is 0.313 e. The Hall–Kier alpha value is -1.39. The van der Waals surface area contributed by atoms with Crippen molar-refractivity contribution in [2.24, 2.45) is 0 Å². The van der Waals surface area contributed by atoms with E-state index in [0.29, 0.717) is 0 Å².